The summed E-state index contributed by atoms with van der Waals surface area (Å²) in [5, 5.41) is 3.90. The predicted octanol–water partition coefficient (Wildman–Crippen LogP) is 4.42. The molecule has 3 rings (SSSR count). The van der Waals surface area contributed by atoms with E-state index in [2.05, 4.69) is 10.3 Å². The average Bonchev–Trinajstić information content (AvgIpc) is 3.17. The lowest BCUT2D eigenvalue weighted by atomic mass is 10.2. The number of halogens is 2. The van der Waals surface area contributed by atoms with Crippen LogP contribution in [0.3, 0.4) is 0 Å². The molecule has 1 amide bonds. The van der Waals surface area contributed by atoms with Crippen LogP contribution in [0.25, 0.3) is 0 Å². The molecule has 0 bridgehead atoms. The van der Waals surface area contributed by atoms with Gasteiger partial charge in [-0.1, -0.05) is 23.2 Å². The van der Waals surface area contributed by atoms with Gasteiger partial charge in [0.1, 0.15) is 5.75 Å². The maximum Gasteiger partial charge on any atom is 0.258 e. The van der Waals surface area contributed by atoms with Crippen molar-refractivity contribution in [1.82, 2.24) is 5.32 Å². The van der Waals surface area contributed by atoms with Crippen LogP contribution >= 0.6 is 23.2 Å². The number of hydrogen-bond donors (Lipinski definition) is 1. The molecule has 1 aliphatic heterocycles. The molecule has 0 radical (unpaired) electrons. The summed E-state index contributed by atoms with van der Waals surface area (Å²) in [5.41, 5.74) is 1.57. The molecule has 0 aromatic heterocycles. The lowest BCUT2D eigenvalue weighted by molar-refractivity contribution is -0.123. The highest BCUT2D eigenvalue weighted by Gasteiger charge is 2.16. The SMILES string of the molecule is O=C(COc1ccc(C=Nc2cc(Cl)cc(Cl)c2)cc1)NC[C@@H]1CCCO1. The number of benzene rings is 2. The van der Waals surface area contributed by atoms with Crippen LogP contribution in [0.5, 0.6) is 5.75 Å². The lowest BCUT2D eigenvalue weighted by Gasteiger charge is -2.11. The van der Waals surface area contributed by atoms with Gasteiger partial charge in [0.25, 0.3) is 5.91 Å². The monoisotopic (exact) mass is 406 g/mol. The Bertz CT molecular complexity index is 783. The Kier molecular flexibility index (Phi) is 7.10. The summed E-state index contributed by atoms with van der Waals surface area (Å²) in [6.07, 6.45) is 3.88. The van der Waals surface area contributed by atoms with Crippen molar-refractivity contribution in [3.63, 3.8) is 0 Å². The van der Waals surface area contributed by atoms with Gasteiger partial charge in [0.15, 0.2) is 6.61 Å². The van der Waals surface area contributed by atoms with Crippen LogP contribution < -0.4 is 10.1 Å². The molecule has 1 fully saturated rings. The molecule has 1 heterocycles. The summed E-state index contributed by atoms with van der Waals surface area (Å²) < 4.78 is 11.0. The van der Waals surface area contributed by atoms with Crippen LogP contribution in [0.4, 0.5) is 5.69 Å². The second kappa shape index (κ2) is 9.74. The van der Waals surface area contributed by atoms with Gasteiger partial charge in [-0.3, -0.25) is 9.79 Å². The highest BCUT2D eigenvalue weighted by Crippen LogP contribution is 2.24. The van der Waals surface area contributed by atoms with Crippen LogP contribution in [0.1, 0.15) is 18.4 Å². The zero-order valence-electron chi connectivity index (χ0n) is 14.7. The fourth-order valence-electron chi connectivity index (χ4n) is 2.65. The predicted molar refractivity (Wildman–Crippen MR) is 108 cm³/mol. The van der Waals surface area contributed by atoms with Crippen LogP contribution in [-0.2, 0) is 9.53 Å². The van der Waals surface area contributed by atoms with Gasteiger partial charge in [0.2, 0.25) is 0 Å². The molecule has 1 N–H and O–H groups in total. The Morgan fingerprint density at radius 2 is 1.96 bits per heavy atom. The summed E-state index contributed by atoms with van der Waals surface area (Å²) in [4.78, 5) is 16.2. The topological polar surface area (TPSA) is 59.9 Å². The molecular formula is C20H20Cl2N2O3. The highest BCUT2D eigenvalue weighted by atomic mass is 35.5. The first-order chi connectivity index (χ1) is 13.1. The van der Waals surface area contributed by atoms with E-state index in [0.717, 1.165) is 25.0 Å². The zero-order valence-corrected chi connectivity index (χ0v) is 16.2. The molecule has 1 aliphatic rings. The van der Waals surface area contributed by atoms with Crippen molar-refractivity contribution >= 4 is 41.0 Å². The molecular weight excluding hydrogens is 387 g/mol. The Labute approximate surface area is 168 Å². The van der Waals surface area contributed by atoms with Crippen molar-refractivity contribution in [2.75, 3.05) is 19.8 Å². The van der Waals surface area contributed by atoms with Gasteiger partial charge in [-0.15, -0.1) is 0 Å². The first-order valence-corrected chi connectivity index (χ1v) is 9.45. The first-order valence-electron chi connectivity index (χ1n) is 8.70. The second-order valence-electron chi connectivity index (χ2n) is 6.18. The van der Waals surface area contributed by atoms with E-state index in [0.29, 0.717) is 28.0 Å². The fraction of sp³-hybridized carbons (Fsp3) is 0.300. The van der Waals surface area contributed by atoms with Crippen LogP contribution in [-0.4, -0.2) is 38.0 Å². The number of rotatable bonds is 7. The smallest absolute Gasteiger partial charge is 0.258 e. The van der Waals surface area contributed by atoms with Crippen molar-refractivity contribution in [1.29, 1.82) is 0 Å². The van der Waals surface area contributed by atoms with E-state index in [1.807, 2.05) is 12.1 Å². The van der Waals surface area contributed by atoms with Crippen molar-refractivity contribution < 1.29 is 14.3 Å². The molecule has 7 heteroatoms. The third kappa shape index (κ3) is 6.54. The number of carbonyl (C=O) groups is 1. The number of nitrogens with one attached hydrogen (secondary N) is 1. The van der Waals surface area contributed by atoms with Crippen LogP contribution in [0.15, 0.2) is 47.5 Å². The van der Waals surface area contributed by atoms with Gasteiger partial charge in [0.05, 0.1) is 11.8 Å². The van der Waals surface area contributed by atoms with E-state index in [4.69, 9.17) is 32.7 Å². The van der Waals surface area contributed by atoms with Crippen molar-refractivity contribution in [2.24, 2.45) is 4.99 Å². The molecule has 0 unspecified atom stereocenters. The Hall–Kier alpha value is -2.08. The molecule has 142 valence electrons. The number of hydrogen-bond acceptors (Lipinski definition) is 4. The first kappa shape index (κ1) is 19.7. The van der Waals surface area contributed by atoms with Gasteiger partial charge in [0, 0.05) is 29.4 Å². The van der Waals surface area contributed by atoms with Crippen LogP contribution in [0.2, 0.25) is 10.0 Å². The average molecular weight is 407 g/mol. The number of ether oxygens (including phenoxy) is 2. The van der Waals surface area contributed by atoms with Crippen molar-refractivity contribution in [2.45, 2.75) is 18.9 Å². The van der Waals surface area contributed by atoms with Gasteiger partial charge >= 0.3 is 0 Å². The Morgan fingerprint density at radius 3 is 2.63 bits per heavy atom. The Morgan fingerprint density at radius 1 is 1.22 bits per heavy atom. The van der Waals surface area contributed by atoms with E-state index in [-0.39, 0.29) is 18.6 Å². The molecule has 2 aromatic carbocycles. The minimum absolute atomic E-state index is 0.0266. The fourth-order valence-corrected chi connectivity index (χ4v) is 3.16. The number of amides is 1. The maximum atomic E-state index is 11.8. The summed E-state index contributed by atoms with van der Waals surface area (Å²) in [6.45, 7) is 1.28. The summed E-state index contributed by atoms with van der Waals surface area (Å²) in [5.74, 6) is 0.458. The third-order valence-electron chi connectivity index (χ3n) is 4.01. The number of aliphatic imine (C=N–C) groups is 1. The van der Waals surface area contributed by atoms with Gasteiger partial charge in [-0.25, -0.2) is 0 Å². The molecule has 27 heavy (non-hydrogen) atoms. The second-order valence-corrected chi connectivity index (χ2v) is 7.06. The van der Waals surface area contributed by atoms with E-state index < -0.39 is 0 Å². The minimum Gasteiger partial charge on any atom is -0.484 e. The van der Waals surface area contributed by atoms with Crippen molar-refractivity contribution in [3.05, 3.63) is 58.1 Å². The van der Waals surface area contributed by atoms with Crippen LogP contribution in [0, 0.1) is 0 Å². The molecule has 2 aromatic rings. The molecule has 0 spiro atoms. The number of carbonyl (C=O) groups excluding carboxylic acids is 1. The summed E-state index contributed by atoms with van der Waals surface area (Å²) >= 11 is 11.9. The van der Waals surface area contributed by atoms with E-state index in [9.17, 15) is 4.79 Å². The van der Waals surface area contributed by atoms with Gasteiger partial charge in [-0.05, 0) is 60.9 Å². The lowest BCUT2D eigenvalue weighted by Crippen LogP contribution is -2.35. The molecule has 1 saturated heterocycles. The quantitative estimate of drug-likeness (QED) is 0.692. The van der Waals surface area contributed by atoms with Gasteiger partial charge < -0.3 is 14.8 Å². The Balaban J connectivity index is 1.46. The highest BCUT2D eigenvalue weighted by molar-refractivity contribution is 6.35. The normalized spacial score (nSPS) is 16.6. The third-order valence-corrected chi connectivity index (χ3v) is 4.45. The largest absolute Gasteiger partial charge is 0.484 e. The molecule has 1 atom stereocenters. The molecule has 0 saturated carbocycles. The summed E-state index contributed by atoms with van der Waals surface area (Å²) in [7, 11) is 0. The van der Waals surface area contributed by atoms with Gasteiger partial charge in [-0.2, -0.15) is 0 Å². The standard InChI is InChI=1S/C20H20Cl2N2O3/c21-15-8-16(22)10-17(9-15)23-11-14-3-5-18(6-4-14)27-13-20(25)24-12-19-2-1-7-26-19/h3-6,8-11,19H,1-2,7,12-13H2,(H,24,25)/t19-/m0/s1. The molecule has 5 nitrogen and oxygen atoms in total. The van der Waals surface area contributed by atoms with Crippen molar-refractivity contribution in [3.8, 4) is 5.75 Å². The zero-order chi connectivity index (χ0) is 19.1. The minimum atomic E-state index is -0.158. The molecule has 0 aliphatic carbocycles. The maximum absolute atomic E-state index is 11.8. The summed E-state index contributed by atoms with van der Waals surface area (Å²) in [6, 6.07) is 12.4. The number of nitrogens with zero attached hydrogens (tertiary/aromatic N) is 1. The van der Waals surface area contributed by atoms with E-state index in [1.165, 1.54) is 0 Å². The van der Waals surface area contributed by atoms with E-state index in [1.54, 1.807) is 36.5 Å². The van der Waals surface area contributed by atoms with E-state index >= 15 is 0 Å².